The zero-order valence-electron chi connectivity index (χ0n) is 18.5. The highest BCUT2D eigenvalue weighted by molar-refractivity contribution is 7.22. The summed E-state index contributed by atoms with van der Waals surface area (Å²) in [6, 6.07) is 12.2. The minimum Gasteiger partial charge on any atom is -0.359 e. The summed E-state index contributed by atoms with van der Waals surface area (Å²) in [7, 11) is 0. The second-order valence-electron chi connectivity index (χ2n) is 9.03. The van der Waals surface area contributed by atoms with Crippen LogP contribution >= 0.6 is 11.3 Å². The largest absolute Gasteiger partial charge is 0.359 e. The van der Waals surface area contributed by atoms with Gasteiger partial charge in [0.2, 0.25) is 0 Å². The summed E-state index contributed by atoms with van der Waals surface area (Å²) in [6.45, 7) is 4.84. The fourth-order valence-corrected chi connectivity index (χ4v) is 6.07. The third kappa shape index (κ3) is 3.47. The van der Waals surface area contributed by atoms with Crippen molar-refractivity contribution < 1.29 is 4.79 Å². The smallest absolute Gasteiger partial charge is 0.275 e. The number of hydrogen-bond donors (Lipinski definition) is 1. The Morgan fingerprint density at radius 1 is 1.12 bits per heavy atom. The van der Waals surface area contributed by atoms with Gasteiger partial charge in [-0.25, -0.2) is 9.97 Å². The van der Waals surface area contributed by atoms with Crippen LogP contribution in [-0.4, -0.2) is 54.4 Å². The van der Waals surface area contributed by atoms with Gasteiger partial charge in [0.15, 0.2) is 10.8 Å². The van der Waals surface area contributed by atoms with Crippen molar-refractivity contribution in [3.8, 4) is 5.69 Å². The number of carbonyl (C=O) groups excluding carboxylic acids is 1. The lowest BCUT2D eigenvalue weighted by Gasteiger charge is -2.57. The van der Waals surface area contributed by atoms with E-state index in [0.717, 1.165) is 33.9 Å². The fraction of sp³-hybridized carbons (Fsp3) is 0.375. The summed E-state index contributed by atoms with van der Waals surface area (Å²) in [4.78, 5) is 26.9. The van der Waals surface area contributed by atoms with Crippen LogP contribution in [0.4, 0.5) is 5.13 Å². The van der Waals surface area contributed by atoms with Crippen LogP contribution in [0.25, 0.3) is 15.9 Å². The Kier molecular flexibility index (Phi) is 4.86. The van der Waals surface area contributed by atoms with Crippen LogP contribution in [0.15, 0.2) is 48.8 Å². The number of hydrogen-bond acceptors (Lipinski definition) is 7. The molecular formula is C24H25N7OS. The molecule has 3 aliphatic rings. The second kappa shape index (κ2) is 7.91. The van der Waals surface area contributed by atoms with Crippen LogP contribution in [0.2, 0.25) is 0 Å². The SMILES string of the molecule is Cc1ccc(-n2nccn2)c(C(=O)N2C3CC(C3)[C@@H](C)[C@H]2CNc2nc3ccccc3s2)n1. The van der Waals surface area contributed by atoms with Crippen LogP contribution in [0.3, 0.4) is 0 Å². The maximum atomic E-state index is 14.0. The maximum absolute atomic E-state index is 14.0. The molecule has 3 fully saturated rings. The number of benzene rings is 1. The Bertz CT molecular complexity index is 1280. The van der Waals surface area contributed by atoms with Crippen molar-refractivity contribution in [1.82, 2.24) is 29.9 Å². The molecule has 0 spiro atoms. The van der Waals surface area contributed by atoms with Gasteiger partial charge in [-0.05, 0) is 55.9 Å². The normalized spacial score (nSPS) is 24.0. The maximum Gasteiger partial charge on any atom is 0.275 e. The summed E-state index contributed by atoms with van der Waals surface area (Å²) in [5, 5.41) is 12.9. The Balaban J connectivity index is 1.31. The van der Waals surface area contributed by atoms with Crippen molar-refractivity contribution >= 4 is 32.6 Å². The Morgan fingerprint density at radius 3 is 2.70 bits per heavy atom. The van der Waals surface area contributed by atoms with Gasteiger partial charge in [-0.15, -0.1) is 4.80 Å². The molecule has 8 nitrogen and oxygen atoms in total. The topological polar surface area (TPSA) is 88.8 Å². The molecule has 9 heteroatoms. The second-order valence-corrected chi connectivity index (χ2v) is 10.1. The molecule has 5 heterocycles. The van der Waals surface area contributed by atoms with E-state index in [-0.39, 0.29) is 18.0 Å². The van der Waals surface area contributed by atoms with E-state index in [0.29, 0.717) is 29.8 Å². The van der Waals surface area contributed by atoms with Crippen LogP contribution in [0, 0.1) is 18.8 Å². The summed E-state index contributed by atoms with van der Waals surface area (Å²) in [6.07, 6.45) is 5.34. The van der Waals surface area contributed by atoms with E-state index in [1.807, 2.05) is 37.3 Å². The molecule has 7 rings (SSSR count). The molecule has 2 saturated heterocycles. The number of anilines is 1. The van der Waals surface area contributed by atoms with E-state index in [4.69, 9.17) is 4.98 Å². The molecule has 2 aliphatic heterocycles. The van der Waals surface area contributed by atoms with Gasteiger partial charge in [0.1, 0.15) is 5.69 Å². The fourth-order valence-electron chi connectivity index (χ4n) is 5.20. The van der Waals surface area contributed by atoms with Gasteiger partial charge in [-0.2, -0.15) is 10.2 Å². The molecule has 0 radical (unpaired) electrons. The first-order chi connectivity index (χ1) is 16.1. The molecule has 3 aromatic heterocycles. The number of para-hydroxylation sites is 1. The van der Waals surface area contributed by atoms with E-state index < -0.39 is 0 Å². The van der Waals surface area contributed by atoms with E-state index in [2.05, 4.69) is 38.4 Å². The van der Waals surface area contributed by atoms with Crippen LogP contribution in [0.1, 0.15) is 35.9 Å². The van der Waals surface area contributed by atoms with Crippen LogP contribution in [-0.2, 0) is 0 Å². The Hall–Kier alpha value is -3.33. The van der Waals surface area contributed by atoms with Gasteiger partial charge in [-0.1, -0.05) is 30.4 Å². The average molecular weight is 460 g/mol. The van der Waals surface area contributed by atoms with Gasteiger partial charge in [0, 0.05) is 18.3 Å². The highest BCUT2D eigenvalue weighted by Crippen LogP contribution is 2.47. The highest BCUT2D eigenvalue weighted by Gasteiger charge is 2.51. The number of aromatic nitrogens is 5. The molecule has 33 heavy (non-hydrogen) atoms. The van der Waals surface area contributed by atoms with Crippen LogP contribution < -0.4 is 5.32 Å². The summed E-state index contributed by atoms with van der Waals surface area (Å²) >= 11 is 1.65. The van der Waals surface area contributed by atoms with Gasteiger partial charge >= 0.3 is 0 Å². The lowest BCUT2D eigenvalue weighted by Crippen LogP contribution is -2.64. The summed E-state index contributed by atoms with van der Waals surface area (Å²) < 4.78 is 1.16. The molecule has 2 bridgehead atoms. The third-order valence-corrected chi connectivity index (χ3v) is 8.09. The van der Waals surface area contributed by atoms with Crippen molar-refractivity contribution in [3.63, 3.8) is 0 Å². The first-order valence-electron chi connectivity index (χ1n) is 11.3. The summed E-state index contributed by atoms with van der Waals surface area (Å²) in [5.41, 5.74) is 2.82. The predicted molar refractivity (Wildman–Crippen MR) is 128 cm³/mol. The molecule has 1 aromatic carbocycles. The molecule has 1 saturated carbocycles. The van der Waals surface area contributed by atoms with Crippen molar-refractivity contribution in [1.29, 1.82) is 0 Å². The predicted octanol–water partition coefficient (Wildman–Crippen LogP) is 3.93. The molecule has 2 atom stereocenters. The lowest BCUT2D eigenvalue weighted by atomic mass is 9.64. The van der Waals surface area contributed by atoms with Gasteiger partial charge in [0.25, 0.3) is 5.91 Å². The number of carbonyl (C=O) groups is 1. The Morgan fingerprint density at radius 2 is 1.91 bits per heavy atom. The Labute approximate surface area is 195 Å². The molecular weight excluding hydrogens is 434 g/mol. The quantitative estimate of drug-likeness (QED) is 0.486. The van der Waals surface area contributed by atoms with E-state index in [1.165, 1.54) is 4.80 Å². The summed E-state index contributed by atoms with van der Waals surface area (Å²) in [5.74, 6) is 1.02. The number of fused-ring (bicyclic) bond motifs is 3. The number of thiazole rings is 1. The first kappa shape index (κ1) is 20.3. The molecule has 1 amide bonds. The number of aryl methyl sites for hydroxylation is 1. The number of rotatable bonds is 5. The van der Waals surface area contributed by atoms with Gasteiger partial charge in [0.05, 0.1) is 28.7 Å². The zero-order valence-corrected chi connectivity index (χ0v) is 19.4. The van der Waals surface area contributed by atoms with Crippen molar-refractivity contribution in [2.24, 2.45) is 11.8 Å². The lowest BCUT2D eigenvalue weighted by molar-refractivity contribution is -0.0505. The van der Waals surface area contributed by atoms with E-state index in [1.54, 1.807) is 23.7 Å². The standard InChI is InChI=1S/C24H25N7OS/c1-14-7-8-19(31-26-9-10-27-31)22(28-14)23(32)30-17-11-16(12-17)15(2)20(30)13-25-24-29-18-5-3-4-6-21(18)33-24/h3-10,15-17,20H,11-13H2,1-2H3,(H,25,29)/t15-,16?,17?,20-/m1/s1. The minimum atomic E-state index is -0.0444. The zero-order chi connectivity index (χ0) is 22.5. The molecule has 168 valence electrons. The minimum absolute atomic E-state index is 0.0444. The molecule has 1 N–H and O–H groups in total. The number of nitrogens with one attached hydrogen (secondary N) is 1. The average Bonchev–Trinajstić information content (AvgIpc) is 3.46. The van der Waals surface area contributed by atoms with Crippen molar-refractivity contribution in [3.05, 3.63) is 60.2 Å². The molecule has 4 aromatic rings. The van der Waals surface area contributed by atoms with Crippen molar-refractivity contribution in [2.45, 2.75) is 38.8 Å². The number of amides is 1. The monoisotopic (exact) mass is 459 g/mol. The van der Waals surface area contributed by atoms with Crippen LogP contribution in [0.5, 0.6) is 0 Å². The van der Waals surface area contributed by atoms with E-state index in [9.17, 15) is 4.79 Å². The van der Waals surface area contributed by atoms with E-state index >= 15 is 0 Å². The molecule has 1 aliphatic carbocycles. The first-order valence-corrected chi connectivity index (χ1v) is 12.2. The highest BCUT2D eigenvalue weighted by atomic mass is 32.1. The number of piperidine rings is 2. The third-order valence-electron chi connectivity index (χ3n) is 7.09. The van der Waals surface area contributed by atoms with Gasteiger partial charge in [-0.3, -0.25) is 4.79 Å². The number of nitrogens with zero attached hydrogens (tertiary/aromatic N) is 6. The molecule has 0 unspecified atom stereocenters. The number of pyridine rings is 1. The van der Waals surface area contributed by atoms with Gasteiger partial charge < -0.3 is 10.2 Å². The van der Waals surface area contributed by atoms with Crippen molar-refractivity contribution in [2.75, 3.05) is 11.9 Å².